The number of rotatable bonds is 2. The highest BCUT2D eigenvalue weighted by Gasteiger charge is 2.15. The van der Waals surface area contributed by atoms with E-state index >= 15 is 0 Å². The summed E-state index contributed by atoms with van der Waals surface area (Å²) in [6.45, 7) is 0.823. The highest BCUT2D eigenvalue weighted by Crippen LogP contribution is 2.17. The lowest BCUT2D eigenvalue weighted by atomic mass is 10.0. The zero-order valence-electron chi connectivity index (χ0n) is 7.73. The molecule has 0 bridgehead atoms. The van der Waals surface area contributed by atoms with E-state index in [2.05, 4.69) is 4.99 Å². The van der Waals surface area contributed by atoms with Crippen molar-refractivity contribution in [2.24, 2.45) is 4.99 Å². The van der Waals surface area contributed by atoms with Crippen LogP contribution in [0.4, 0.5) is 0 Å². The molecule has 1 aromatic carbocycles. The van der Waals surface area contributed by atoms with Crippen LogP contribution in [0.1, 0.15) is 28.8 Å². The highest BCUT2D eigenvalue weighted by molar-refractivity contribution is 6.09. The van der Waals surface area contributed by atoms with Gasteiger partial charge in [0.25, 0.3) is 0 Å². The van der Waals surface area contributed by atoms with Crippen molar-refractivity contribution in [2.75, 3.05) is 6.54 Å². The normalized spacial score (nSPS) is 15.3. The molecule has 3 heteroatoms. The zero-order chi connectivity index (χ0) is 9.97. The van der Waals surface area contributed by atoms with Gasteiger partial charge < -0.3 is 5.11 Å². The van der Waals surface area contributed by atoms with Crippen molar-refractivity contribution in [3.05, 3.63) is 35.4 Å². The van der Waals surface area contributed by atoms with Crippen LogP contribution in [-0.2, 0) is 0 Å². The van der Waals surface area contributed by atoms with E-state index in [1.165, 1.54) is 0 Å². The molecule has 1 aliphatic heterocycles. The topological polar surface area (TPSA) is 49.7 Å². The predicted molar refractivity (Wildman–Crippen MR) is 54.0 cm³/mol. The number of carboxylic acid groups (broad SMARTS) is 1. The largest absolute Gasteiger partial charge is 0.478 e. The van der Waals surface area contributed by atoms with Gasteiger partial charge >= 0.3 is 5.97 Å². The standard InChI is InChI=1S/C11H11NO2/c13-11(14)9-5-2-1-4-8(9)10-6-3-7-12-10/h1-2,4-5H,3,6-7H2,(H,13,14). The third-order valence-corrected chi connectivity index (χ3v) is 2.34. The molecule has 0 spiro atoms. The zero-order valence-corrected chi connectivity index (χ0v) is 7.73. The van der Waals surface area contributed by atoms with Crippen molar-refractivity contribution < 1.29 is 9.90 Å². The lowest BCUT2D eigenvalue weighted by molar-refractivity contribution is 0.0696. The first-order valence-corrected chi connectivity index (χ1v) is 4.65. The second-order valence-corrected chi connectivity index (χ2v) is 3.28. The molecular weight excluding hydrogens is 178 g/mol. The van der Waals surface area contributed by atoms with Crippen LogP contribution in [0.25, 0.3) is 0 Å². The molecule has 1 aromatic rings. The Bertz CT molecular complexity index is 396. The molecule has 0 aliphatic carbocycles. The van der Waals surface area contributed by atoms with Crippen LogP contribution < -0.4 is 0 Å². The van der Waals surface area contributed by atoms with Gasteiger partial charge in [-0.2, -0.15) is 0 Å². The molecule has 14 heavy (non-hydrogen) atoms. The Labute approximate surface area is 82.1 Å². The van der Waals surface area contributed by atoms with Gasteiger partial charge in [-0.1, -0.05) is 18.2 Å². The van der Waals surface area contributed by atoms with E-state index in [0.717, 1.165) is 30.7 Å². The fourth-order valence-corrected chi connectivity index (χ4v) is 1.68. The molecule has 2 rings (SSSR count). The second-order valence-electron chi connectivity index (χ2n) is 3.28. The van der Waals surface area contributed by atoms with E-state index in [4.69, 9.17) is 5.11 Å². The first-order valence-electron chi connectivity index (χ1n) is 4.65. The first-order chi connectivity index (χ1) is 6.79. The molecule has 0 unspecified atom stereocenters. The average molecular weight is 189 g/mol. The van der Waals surface area contributed by atoms with Gasteiger partial charge in [-0.25, -0.2) is 4.79 Å². The minimum absolute atomic E-state index is 0.355. The highest BCUT2D eigenvalue weighted by atomic mass is 16.4. The lowest BCUT2D eigenvalue weighted by Gasteiger charge is -2.04. The maximum atomic E-state index is 10.9. The summed E-state index contributed by atoms with van der Waals surface area (Å²) in [5.41, 5.74) is 2.06. The minimum atomic E-state index is -0.879. The number of carbonyl (C=O) groups is 1. The smallest absolute Gasteiger partial charge is 0.336 e. The average Bonchev–Trinajstić information content (AvgIpc) is 2.70. The fraction of sp³-hybridized carbons (Fsp3) is 0.273. The van der Waals surface area contributed by atoms with E-state index in [1.54, 1.807) is 12.1 Å². The maximum Gasteiger partial charge on any atom is 0.336 e. The molecule has 1 aliphatic rings. The number of aromatic carboxylic acids is 1. The Morgan fingerprint density at radius 1 is 1.36 bits per heavy atom. The summed E-state index contributed by atoms with van der Waals surface area (Å²) >= 11 is 0. The maximum absolute atomic E-state index is 10.9. The third kappa shape index (κ3) is 1.53. The summed E-state index contributed by atoms with van der Waals surface area (Å²) < 4.78 is 0. The number of nitrogens with zero attached hydrogens (tertiary/aromatic N) is 1. The van der Waals surface area contributed by atoms with Gasteiger partial charge in [-0.3, -0.25) is 4.99 Å². The van der Waals surface area contributed by atoms with Gasteiger partial charge in [0.2, 0.25) is 0 Å². The molecule has 0 atom stereocenters. The molecular formula is C11H11NO2. The summed E-state index contributed by atoms with van der Waals surface area (Å²) in [6.07, 6.45) is 1.92. The van der Waals surface area contributed by atoms with Crippen LogP contribution in [0.5, 0.6) is 0 Å². The summed E-state index contributed by atoms with van der Waals surface area (Å²) in [5, 5.41) is 8.97. The molecule has 0 fully saturated rings. The number of carboxylic acids is 1. The molecule has 0 radical (unpaired) electrons. The molecule has 1 heterocycles. The Morgan fingerprint density at radius 2 is 2.14 bits per heavy atom. The number of benzene rings is 1. The number of hydrogen-bond donors (Lipinski definition) is 1. The summed E-state index contributed by atoms with van der Waals surface area (Å²) in [6, 6.07) is 7.04. The van der Waals surface area contributed by atoms with Gasteiger partial charge in [0.05, 0.1) is 5.56 Å². The summed E-state index contributed by atoms with van der Waals surface area (Å²) in [7, 11) is 0. The van der Waals surface area contributed by atoms with Crippen LogP contribution in [0.3, 0.4) is 0 Å². The van der Waals surface area contributed by atoms with E-state index in [-0.39, 0.29) is 0 Å². The summed E-state index contributed by atoms with van der Waals surface area (Å²) in [4.78, 5) is 15.2. The molecule has 72 valence electrons. The number of aliphatic imine (C=N–C) groups is 1. The number of hydrogen-bond acceptors (Lipinski definition) is 2. The summed E-state index contributed by atoms with van der Waals surface area (Å²) in [5.74, 6) is -0.879. The van der Waals surface area contributed by atoms with Gasteiger partial charge in [0.15, 0.2) is 0 Å². The van der Waals surface area contributed by atoms with Gasteiger partial charge in [0.1, 0.15) is 0 Å². The van der Waals surface area contributed by atoms with Crippen molar-refractivity contribution in [3.8, 4) is 0 Å². The van der Waals surface area contributed by atoms with Crippen molar-refractivity contribution in [3.63, 3.8) is 0 Å². The third-order valence-electron chi connectivity index (χ3n) is 2.34. The van der Waals surface area contributed by atoms with Crippen molar-refractivity contribution in [1.82, 2.24) is 0 Å². The fourth-order valence-electron chi connectivity index (χ4n) is 1.68. The SMILES string of the molecule is O=C(O)c1ccccc1C1=NCCC1. The van der Waals surface area contributed by atoms with Crippen LogP contribution in [0, 0.1) is 0 Å². The van der Waals surface area contributed by atoms with Crippen LogP contribution >= 0.6 is 0 Å². The van der Waals surface area contributed by atoms with Crippen LogP contribution in [-0.4, -0.2) is 23.3 Å². The Balaban J connectivity index is 2.46. The van der Waals surface area contributed by atoms with E-state index < -0.39 is 5.97 Å². The molecule has 3 nitrogen and oxygen atoms in total. The quantitative estimate of drug-likeness (QED) is 0.773. The first kappa shape index (κ1) is 8.94. The molecule has 0 amide bonds. The molecule has 0 aromatic heterocycles. The van der Waals surface area contributed by atoms with Crippen molar-refractivity contribution >= 4 is 11.7 Å². The Kier molecular flexibility index (Phi) is 2.31. The second kappa shape index (κ2) is 3.62. The van der Waals surface area contributed by atoms with Crippen molar-refractivity contribution in [1.29, 1.82) is 0 Å². The predicted octanol–water partition coefficient (Wildman–Crippen LogP) is 1.97. The van der Waals surface area contributed by atoms with Gasteiger partial charge in [-0.05, 0) is 18.9 Å². The van der Waals surface area contributed by atoms with Crippen molar-refractivity contribution in [2.45, 2.75) is 12.8 Å². The van der Waals surface area contributed by atoms with E-state index in [1.807, 2.05) is 12.1 Å². The van der Waals surface area contributed by atoms with E-state index in [0.29, 0.717) is 5.56 Å². The molecule has 1 N–H and O–H groups in total. The lowest BCUT2D eigenvalue weighted by Crippen LogP contribution is -2.07. The minimum Gasteiger partial charge on any atom is -0.478 e. The Morgan fingerprint density at radius 3 is 2.79 bits per heavy atom. The monoisotopic (exact) mass is 189 g/mol. The Hall–Kier alpha value is -1.64. The van der Waals surface area contributed by atoms with E-state index in [9.17, 15) is 4.79 Å². The van der Waals surface area contributed by atoms with Gasteiger partial charge in [0, 0.05) is 17.8 Å². The molecule has 0 saturated heterocycles. The van der Waals surface area contributed by atoms with Gasteiger partial charge in [-0.15, -0.1) is 0 Å². The van der Waals surface area contributed by atoms with Crippen LogP contribution in [0.2, 0.25) is 0 Å². The molecule has 0 saturated carbocycles. The van der Waals surface area contributed by atoms with Crippen LogP contribution in [0.15, 0.2) is 29.3 Å².